The summed E-state index contributed by atoms with van der Waals surface area (Å²) in [5, 5.41) is 3.72. The van der Waals surface area contributed by atoms with Crippen molar-refractivity contribution < 1.29 is 22.4 Å². The van der Waals surface area contributed by atoms with Gasteiger partial charge in [-0.25, -0.2) is 0 Å². The van der Waals surface area contributed by atoms with Gasteiger partial charge in [-0.1, -0.05) is 21.1 Å². The van der Waals surface area contributed by atoms with E-state index in [1.54, 1.807) is 6.07 Å². The van der Waals surface area contributed by atoms with Gasteiger partial charge < -0.3 is 15.0 Å². The summed E-state index contributed by atoms with van der Waals surface area (Å²) in [6.07, 6.45) is -6.41. The first kappa shape index (κ1) is 13.0. The van der Waals surface area contributed by atoms with Gasteiger partial charge in [0.15, 0.2) is 17.5 Å². The van der Waals surface area contributed by atoms with Gasteiger partial charge in [0.05, 0.1) is 0 Å². The Balaban J connectivity index is 2.47. The van der Waals surface area contributed by atoms with Crippen LogP contribution in [0.5, 0.6) is 5.75 Å². The summed E-state index contributed by atoms with van der Waals surface area (Å²) >= 11 is 3.14. The molecule has 4 nitrogen and oxygen atoms in total. The Bertz CT molecular complexity index is 582. The summed E-state index contributed by atoms with van der Waals surface area (Å²) in [6, 6.07) is 2.93. The molecule has 1 atom stereocenters. The molecule has 0 aliphatic heterocycles. The van der Waals surface area contributed by atoms with E-state index in [4.69, 9.17) is 15.0 Å². The van der Waals surface area contributed by atoms with Crippen LogP contribution in [-0.4, -0.2) is 17.4 Å². The predicted molar refractivity (Wildman–Crippen MR) is 62.3 cm³/mol. The third kappa shape index (κ3) is 2.38. The van der Waals surface area contributed by atoms with Crippen molar-refractivity contribution in [1.82, 2.24) is 5.16 Å². The fraction of sp³-hybridized carbons (Fsp3) is 0.300. The van der Waals surface area contributed by atoms with Gasteiger partial charge in [0.1, 0.15) is 11.1 Å². The Kier molecular flexibility index (Phi) is 3.14. The van der Waals surface area contributed by atoms with E-state index in [2.05, 4.69) is 21.1 Å². The van der Waals surface area contributed by atoms with Gasteiger partial charge in [-0.05, 0) is 19.1 Å². The lowest BCUT2D eigenvalue weighted by Crippen LogP contribution is -2.31. The molecule has 0 bridgehead atoms. The number of hydrogen-bond donors (Lipinski definition) is 1. The molecular weight excluding hydrogens is 317 g/mol. The molecule has 0 unspecified atom stereocenters. The number of halogens is 4. The maximum atomic E-state index is 12.5. The first-order chi connectivity index (χ1) is 8.29. The minimum atomic E-state index is -4.46. The molecule has 0 saturated carbocycles. The smallest absolute Gasteiger partial charge is 0.425 e. The Morgan fingerprint density at radius 2 is 2.11 bits per heavy atom. The van der Waals surface area contributed by atoms with Crippen molar-refractivity contribution in [2.75, 3.05) is 5.73 Å². The number of nitrogen functional groups attached to an aromatic ring is 1. The molecular formula is C10H8BrF3N2O2. The van der Waals surface area contributed by atoms with E-state index in [0.717, 1.165) is 6.92 Å². The average Bonchev–Trinajstić information content (AvgIpc) is 2.58. The summed E-state index contributed by atoms with van der Waals surface area (Å²) in [5.41, 5.74) is 5.79. The number of fused-ring (bicyclic) bond motifs is 1. The van der Waals surface area contributed by atoms with Gasteiger partial charge in [0, 0.05) is 4.47 Å². The van der Waals surface area contributed by atoms with E-state index in [1.807, 2.05) is 0 Å². The topological polar surface area (TPSA) is 61.3 Å². The highest BCUT2D eigenvalue weighted by molar-refractivity contribution is 9.10. The van der Waals surface area contributed by atoms with Gasteiger partial charge in [0.25, 0.3) is 0 Å². The zero-order chi connectivity index (χ0) is 13.5. The SMILES string of the molecule is C[C@H](Oc1cc(Br)cc2onc(N)c12)C(F)(F)F. The zero-order valence-electron chi connectivity index (χ0n) is 9.08. The highest BCUT2D eigenvalue weighted by atomic mass is 79.9. The molecule has 8 heteroatoms. The molecule has 0 saturated heterocycles. The molecule has 18 heavy (non-hydrogen) atoms. The van der Waals surface area contributed by atoms with E-state index in [9.17, 15) is 13.2 Å². The van der Waals surface area contributed by atoms with Crippen LogP contribution in [-0.2, 0) is 0 Å². The minimum absolute atomic E-state index is 0.0122. The second-order valence-corrected chi connectivity index (χ2v) is 4.56. The highest BCUT2D eigenvalue weighted by Crippen LogP contribution is 2.36. The molecule has 0 fully saturated rings. The van der Waals surface area contributed by atoms with Crippen LogP contribution in [0.1, 0.15) is 6.92 Å². The molecule has 98 valence electrons. The van der Waals surface area contributed by atoms with Gasteiger partial charge >= 0.3 is 6.18 Å². The maximum absolute atomic E-state index is 12.5. The number of hydrogen-bond acceptors (Lipinski definition) is 4. The molecule has 2 rings (SSSR count). The highest BCUT2D eigenvalue weighted by Gasteiger charge is 2.38. The molecule has 2 aromatic rings. The first-order valence-electron chi connectivity index (χ1n) is 4.87. The van der Waals surface area contributed by atoms with Crippen molar-refractivity contribution in [2.24, 2.45) is 0 Å². The summed E-state index contributed by atoms with van der Waals surface area (Å²) in [5.74, 6) is -0.0372. The van der Waals surface area contributed by atoms with Crippen molar-refractivity contribution >= 4 is 32.7 Å². The molecule has 0 amide bonds. The average molecular weight is 325 g/mol. The van der Waals surface area contributed by atoms with E-state index in [0.29, 0.717) is 4.47 Å². The molecule has 0 aliphatic rings. The van der Waals surface area contributed by atoms with E-state index in [1.165, 1.54) is 6.07 Å². The lowest BCUT2D eigenvalue weighted by atomic mass is 10.2. The molecule has 0 aliphatic carbocycles. The van der Waals surface area contributed by atoms with Crippen molar-refractivity contribution in [3.63, 3.8) is 0 Å². The Morgan fingerprint density at radius 3 is 2.72 bits per heavy atom. The van der Waals surface area contributed by atoms with Gasteiger partial charge in [0.2, 0.25) is 0 Å². The largest absolute Gasteiger partial charge is 0.480 e. The first-order valence-corrected chi connectivity index (χ1v) is 5.66. The Morgan fingerprint density at radius 1 is 1.44 bits per heavy atom. The number of anilines is 1. The third-order valence-corrected chi connectivity index (χ3v) is 2.75. The van der Waals surface area contributed by atoms with Crippen molar-refractivity contribution in [2.45, 2.75) is 19.2 Å². The number of aromatic nitrogens is 1. The fourth-order valence-corrected chi connectivity index (χ4v) is 1.79. The van der Waals surface area contributed by atoms with Gasteiger partial charge in [-0.2, -0.15) is 13.2 Å². The summed E-state index contributed by atoms with van der Waals surface area (Å²) in [7, 11) is 0. The van der Waals surface area contributed by atoms with E-state index < -0.39 is 12.3 Å². The predicted octanol–water partition coefficient (Wildman–Crippen LogP) is 3.50. The van der Waals surface area contributed by atoms with Crippen LogP contribution in [0, 0.1) is 0 Å². The zero-order valence-corrected chi connectivity index (χ0v) is 10.7. The van der Waals surface area contributed by atoms with Crippen LogP contribution in [0.15, 0.2) is 21.1 Å². The quantitative estimate of drug-likeness (QED) is 0.918. The van der Waals surface area contributed by atoms with Crippen LogP contribution < -0.4 is 10.5 Å². The number of benzene rings is 1. The van der Waals surface area contributed by atoms with Crippen molar-refractivity contribution in [3.8, 4) is 5.75 Å². The normalized spacial score (nSPS) is 13.8. The van der Waals surface area contributed by atoms with Crippen molar-refractivity contribution in [3.05, 3.63) is 16.6 Å². The lowest BCUT2D eigenvalue weighted by Gasteiger charge is -2.18. The monoisotopic (exact) mass is 324 g/mol. The van der Waals surface area contributed by atoms with Crippen LogP contribution in [0.3, 0.4) is 0 Å². The molecule has 1 aromatic heterocycles. The minimum Gasteiger partial charge on any atom is -0.480 e. The number of rotatable bonds is 2. The van der Waals surface area contributed by atoms with Gasteiger partial charge in [-0.15, -0.1) is 0 Å². The van der Waals surface area contributed by atoms with E-state index >= 15 is 0 Å². The number of nitrogens with two attached hydrogens (primary N) is 1. The van der Waals surface area contributed by atoms with Crippen LogP contribution >= 0.6 is 15.9 Å². The Hall–Kier alpha value is -1.44. The third-order valence-electron chi connectivity index (χ3n) is 2.29. The maximum Gasteiger partial charge on any atom is 0.425 e. The fourth-order valence-electron chi connectivity index (χ4n) is 1.38. The number of nitrogens with zero attached hydrogens (tertiary/aromatic N) is 1. The van der Waals surface area contributed by atoms with E-state index in [-0.39, 0.29) is 22.5 Å². The van der Waals surface area contributed by atoms with Crippen LogP contribution in [0.25, 0.3) is 11.0 Å². The summed E-state index contributed by atoms with van der Waals surface area (Å²) in [6.45, 7) is 0.913. The second-order valence-electron chi connectivity index (χ2n) is 3.65. The lowest BCUT2D eigenvalue weighted by molar-refractivity contribution is -0.188. The molecule has 0 radical (unpaired) electrons. The summed E-state index contributed by atoms with van der Waals surface area (Å²) < 4.78 is 47.6. The van der Waals surface area contributed by atoms with Gasteiger partial charge in [-0.3, -0.25) is 0 Å². The summed E-state index contributed by atoms with van der Waals surface area (Å²) in [4.78, 5) is 0. The molecule has 0 spiro atoms. The molecule has 2 N–H and O–H groups in total. The molecule has 1 aromatic carbocycles. The Labute approximate surface area is 108 Å². The number of ether oxygens (including phenoxy) is 1. The van der Waals surface area contributed by atoms with Crippen LogP contribution in [0.2, 0.25) is 0 Å². The van der Waals surface area contributed by atoms with Crippen molar-refractivity contribution in [1.29, 1.82) is 0 Å². The molecule has 1 heterocycles. The van der Waals surface area contributed by atoms with Crippen LogP contribution in [0.4, 0.5) is 19.0 Å². The standard InChI is InChI=1S/C10H8BrF3N2O2/c1-4(10(12,13)14)17-6-2-5(11)3-7-8(6)9(15)16-18-7/h2-4H,1H3,(H2,15,16)/t4-/m0/s1. The number of alkyl halides is 3. The second kappa shape index (κ2) is 4.34.